The Labute approximate surface area is 135 Å². The van der Waals surface area contributed by atoms with Crippen LogP contribution in [0.5, 0.6) is 0 Å². The average Bonchev–Trinajstić information content (AvgIpc) is 2.86. The van der Waals surface area contributed by atoms with Crippen LogP contribution in [0, 0.1) is 0 Å². The van der Waals surface area contributed by atoms with Crippen molar-refractivity contribution >= 4 is 55.9 Å². The molecule has 6 nitrogen and oxygen atoms in total. The summed E-state index contributed by atoms with van der Waals surface area (Å²) in [6.45, 7) is 0. The van der Waals surface area contributed by atoms with E-state index in [1.807, 2.05) is 30.3 Å². The average molecular weight is 304 g/mol. The van der Waals surface area contributed by atoms with Gasteiger partial charge >= 0.3 is 29.6 Å². The number of sulfonamides is 1. The molecular weight excluding hydrogens is 295 g/mol. The topological polar surface area (TPSA) is 90.4 Å². The summed E-state index contributed by atoms with van der Waals surface area (Å²) in [5.41, 5.74) is 1.70. The second kappa shape index (κ2) is 5.31. The number of imidazole rings is 1. The molecule has 19 heavy (non-hydrogen) atoms. The predicted molar refractivity (Wildman–Crippen MR) is 74.8 cm³/mol. The van der Waals surface area contributed by atoms with E-state index in [0.717, 1.165) is 22.6 Å². The van der Waals surface area contributed by atoms with Crippen molar-refractivity contribution in [1.82, 2.24) is 14.6 Å². The molecule has 2 N–H and O–H groups in total. The molecule has 0 amide bonds. The van der Waals surface area contributed by atoms with Crippen LogP contribution in [0.1, 0.15) is 0 Å². The van der Waals surface area contributed by atoms with Crippen molar-refractivity contribution in [3.8, 4) is 11.3 Å². The van der Waals surface area contributed by atoms with Crippen molar-refractivity contribution in [2.24, 2.45) is 5.14 Å². The monoisotopic (exact) mass is 304 g/mol. The molecule has 0 atom stereocenters. The fourth-order valence-electron chi connectivity index (χ4n) is 1.54. The van der Waals surface area contributed by atoms with Crippen molar-refractivity contribution in [2.75, 3.05) is 0 Å². The molecule has 0 radical (unpaired) electrons. The first kappa shape index (κ1) is 14.6. The van der Waals surface area contributed by atoms with E-state index in [-0.39, 0.29) is 33.9 Å². The quantitative estimate of drug-likeness (QED) is 0.696. The normalized spacial score (nSPS) is 11.4. The molecule has 1 aromatic carbocycles. The SMILES string of the molecule is NS(=O)(=O)c1nn2cc(-c3ccccc3)nc2s1.[NaH]. The Morgan fingerprint density at radius 1 is 1.21 bits per heavy atom. The first-order valence-corrected chi connectivity index (χ1v) is 7.35. The standard InChI is InChI=1S/C10H8N4O2S2.Na.H/c11-18(15,16)10-13-14-6-8(12-9(14)17-10)7-4-2-1-3-5-7;;/h1-6H,(H2,11,15,16);;. The molecule has 0 saturated heterocycles. The number of nitrogens with zero attached hydrogens (tertiary/aromatic N) is 3. The summed E-state index contributed by atoms with van der Waals surface area (Å²) in [4.78, 5) is 4.81. The van der Waals surface area contributed by atoms with E-state index in [0.29, 0.717) is 4.96 Å². The Balaban J connectivity index is 0.00000133. The van der Waals surface area contributed by atoms with Crippen LogP contribution >= 0.6 is 11.3 Å². The van der Waals surface area contributed by atoms with Gasteiger partial charge < -0.3 is 0 Å². The minimum absolute atomic E-state index is 0. The molecule has 0 bridgehead atoms. The molecule has 0 aliphatic heterocycles. The van der Waals surface area contributed by atoms with E-state index in [1.54, 1.807) is 6.20 Å². The summed E-state index contributed by atoms with van der Waals surface area (Å²) in [5.74, 6) is 0. The van der Waals surface area contributed by atoms with Crippen molar-refractivity contribution in [1.29, 1.82) is 0 Å². The van der Waals surface area contributed by atoms with E-state index in [1.165, 1.54) is 4.52 Å². The molecule has 0 aliphatic rings. The van der Waals surface area contributed by atoms with Crippen LogP contribution in [0.3, 0.4) is 0 Å². The summed E-state index contributed by atoms with van der Waals surface area (Å²) < 4.78 is 23.6. The van der Waals surface area contributed by atoms with Gasteiger partial charge in [0.15, 0.2) is 0 Å². The number of benzene rings is 1. The predicted octanol–water partition coefficient (Wildman–Crippen LogP) is 0.457. The summed E-state index contributed by atoms with van der Waals surface area (Å²) in [5, 5.41) is 8.90. The molecule has 2 aromatic heterocycles. The third-order valence-electron chi connectivity index (χ3n) is 2.34. The van der Waals surface area contributed by atoms with Gasteiger partial charge in [0.05, 0.1) is 11.9 Å². The van der Waals surface area contributed by atoms with Crippen LogP contribution in [-0.4, -0.2) is 52.6 Å². The Kier molecular flexibility index (Phi) is 4.09. The zero-order valence-corrected chi connectivity index (χ0v) is 10.6. The van der Waals surface area contributed by atoms with Gasteiger partial charge in [-0.1, -0.05) is 41.7 Å². The number of primary sulfonamides is 1. The van der Waals surface area contributed by atoms with Crippen LogP contribution in [0.4, 0.5) is 0 Å². The molecule has 0 aliphatic carbocycles. The number of rotatable bonds is 2. The van der Waals surface area contributed by atoms with Crippen LogP contribution in [0.2, 0.25) is 0 Å². The minimum atomic E-state index is -3.77. The third kappa shape index (κ3) is 2.88. The van der Waals surface area contributed by atoms with E-state index in [4.69, 9.17) is 5.14 Å². The number of hydrogen-bond acceptors (Lipinski definition) is 5. The summed E-state index contributed by atoms with van der Waals surface area (Å²) in [6, 6.07) is 9.58. The van der Waals surface area contributed by atoms with Crippen LogP contribution in [-0.2, 0) is 10.0 Å². The number of fused-ring (bicyclic) bond motifs is 1. The molecular formula is C10H9N4NaO2S2. The summed E-state index contributed by atoms with van der Waals surface area (Å²) >= 11 is 0.947. The van der Waals surface area contributed by atoms with Gasteiger partial charge in [0.1, 0.15) is 0 Å². The van der Waals surface area contributed by atoms with E-state index in [2.05, 4.69) is 10.1 Å². The van der Waals surface area contributed by atoms with E-state index < -0.39 is 10.0 Å². The summed E-state index contributed by atoms with van der Waals surface area (Å²) in [7, 11) is -3.77. The fourth-order valence-corrected chi connectivity index (χ4v) is 3.05. The maximum absolute atomic E-state index is 11.1. The first-order chi connectivity index (χ1) is 8.54. The van der Waals surface area contributed by atoms with E-state index in [9.17, 15) is 8.42 Å². The van der Waals surface area contributed by atoms with Crippen molar-refractivity contribution in [3.63, 3.8) is 0 Å². The second-order valence-corrected chi connectivity index (χ2v) is 6.32. The van der Waals surface area contributed by atoms with Gasteiger partial charge in [0.25, 0.3) is 10.0 Å². The Morgan fingerprint density at radius 3 is 2.47 bits per heavy atom. The van der Waals surface area contributed by atoms with Crippen LogP contribution in [0.25, 0.3) is 16.2 Å². The van der Waals surface area contributed by atoms with Gasteiger partial charge in [-0.15, -0.1) is 5.10 Å². The van der Waals surface area contributed by atoms with Gasteiger partial charge in [0.2, 0.25) is 9.30 Å². The van der Waals surface area contributed by atoms with Crippen LogP contribution in [0.15, 0.2) is 40.9 Å². The third-order valence-corrected chi connectivity index (χ3v) is 4.57. The molecule has 0 spiro atoms. The van der Waals surface area contributed by atoms with Gasteiger partial charge in [-0.25, -0.2) is 23.1 Å². The Morgan fingerprint density at radius 2 is 1.89 bits per heavy atom. The van der Waals surface area contributed by atoms with Crippen molar-refractivity contribution < 1.29 is 8.42 Å². The molecule has 0 saturated carbocycles. The number of hydrogen-bond donors (Lipinski definition) is 1. The second-order valence-electron chi connectivity index (χ2n) is 3.63. The van der Waals surface area contributed by atoms with Crippen molar-refractivity contribution in [3.05, 3.63) is 36.5 Å². The first-order valence-electron chi connectivity index (χ1n) is 4.98. The van der Waals surface area contributed by atoms with Gasteiger partial charge in [-0.2, -0.15) is 0 Å². The molecule has 94 valence electrons. The molecule has 3 aromatic rings. The molecule has 0 unspecified atom stereocenters. The van der Waals surface area contributed by atoms with Gasteiger partial charge in [-0.05, 0) is 0 Å². The van der Waals surface area contributed by atoms with Crippen molar-refractivity contribution in [2.45, 2.75) is 4.34 Å². The molecule has 3 rings (SSSR count). The maximum atomic E-state index is 11.1. The van der Waals surface area contributed by atoms with Crippen LogP contribution < -0.4 is 5.14 Å². The summed E-state index contributed by atoms with van der Waals surface area (Å²) in [6.07, 6.45) is 1.68. The number of aromatic nitrogens is 3. The zero-order chi connectivity index (χ0) is 12.8. The van der Waals surface area contributed by atoms with E-state index >= 15 is 0 Å². The Bertz CT molecular complexity index is 779. The van der Waals surface area contributed by atoms with Gasteiger partial charge in [0, 0.05) is 5.56 Å². The molecule has 9 heteroatoms. The number of nitrogens with two attached hydrogens (primary N) is 1. The molecule has 2 heterocycles. The fraction of sp³-hybridized carbons (Fsp3) is 0. The Hall–Kier alpha value is -0.770. The zero-order valence-electron chi connectivity index (χ0n) is 9.02. The van der Waals surface area contributed by atoms with Gasteiger partial charge in [-0.3, -0.25) is 0 Å². The molecule has 0 fully saturated rings.